The van der Waals surface area contributed by atoms with E-state index in [9.17, 15) is 14.4 Å². The molecule has 1 heterocycles. The van der Waals surface area contributed by atoms with Crippen LogP contribution >= 0.6 is 11.6 Å². The number of ketones is 1. The van der Waals surface area contributed by atoms with E-state index in [0.29, 0.717) is 10.6 Å². The number of hydrogen-bond donors (Lipinski definition) is 2. The standard InChI is InChI=1S/C21H19ClN4O3/c1-13-11-14(2)26(25-13)12-19(27)23-24-21(29)18-6-4-3-5-17(18)20(28)15-7-9-16(22)10-8-15/h3-11H,12H2,1-2H3,(H,23,27)(H,24,29). The van der Waals surface area contributed by atoms with Crippen molar-refractivity contribution in [2.24, 2.45) is 0 Å². The molecular weight excluding hydrogens is 392 g/mol. The highest BCUT2D eigenvalue weighted by Gasteiger charge is 2.18. The molecule has 2 amide bonds. The Bertz CT molecular complexity index is 1070. The largest absolute Gasteiger partial charge is 0.289 e. The van der Waals surface area contributed by atoms with Crippen molar-refractivity contribution in [1.82, 2.24) is 20.6 Å². The highest BCUT2D eigenvalue weighted by Crippen LogP contribution is 2.17. The summed E-state index contributed by atoms with van der Waals surface area (Å²) in [5.41, 5.74) is 7.12. The minimum atomic E-state index is -0.593. The summed E-state index contributed by atoms with van der Waals surface area (Å²) in [6, 6.07) is 14.6. The van der Waals surface area contributed by atoms with Crippen LogP contribution in [0.4, 0.5) is 0 Å². The number of nitrogens with one attached hydrogen (secondary N) is 2. The van der Waals surface area contributed by atoms with E-state index in [-0.39, 0.29) is 23.5 Å². The summed E-state index contributed by atoms with van der Waals surface area (Å²) in [4.78, 5) is 37.5. The lowest BCUT2D eigenvalue weighted by Crippen LogP contribution is -2.43. The van der Waals surface area contributed by atoms with Crippen molar-refractivity contribution in [2.45, 2.75) is 20.4 Å². The van der Waals surface area contributed by atoms with Crippen LogP contribution in [-0.4, -0.2) is 27.4 Å². The van der Waals surface area contributed by atoms with Crippen LogP contribution in [0, 0.1) is 13.8 Å². The SMILES string of the molecule is Cc1cc(C)n(CC(=O)NNC(=O)c2ccccc2C(=O)c2ccc(Cl)cc2)n1. The van der Waals surface area contributed by atoms with Crippen LogP contribution < -0.4 is 10.9 Å². The molecule has 0 aliphatic carbocycles. The summed E-state index contributed by atoms with van der Waals surface area (Å²) in [6.45, 7) is 3.63. The van der Waals surface area contributed by atoms with Gasteiger partial charge in [0.1, 0.15) is 6.54 Å². The minimum Gasteiger partial charge on any atom is -0.289 e. The van der Waals surface area contributed by atoms with Gasteiger partial charge in [-0.25, -0.2) is 0 Å². The van der Waals surface area contributed by atoms with Crippen LogP contribution in [0.1, 0.15) is 37.7 Å². The molecule has 8 heteroatoms. The first kappa shape index (κ1) is 20.3. The lowest BCUT2D eigenvalue weighted by molar-refractivity contribution is -0.122. The first-order valence-electron chi connectivity index (χ1n) is 8.84. The smallest absolute Gasteiger partial charge is 0.270 e. The molecule has 0 bridgehead atoms. The molecule has 0 aliphatic rings. The number of nitrogens with zero attached hydrogens (tertiary/aromatic N) is 2. The van der Waals surface area contributed by atoms with Crippen molar-refractivity contribution in [3.63, 3.8) is 0 Å². The van der Waals surface area contributed by atoms with Crippen molar-refractivity contribution in [3.05, 3.63) is 87.7 Å². The topological polar surface area (TPSA) is 93.1 Å². The maximum atomic E-state index is 12.8. The Morgan fingerprint density at radius 3 is 2.24 bits per heavy atom. The van der Waals surface area contributed by atoms with Gasteiger partial charge in [-0.1, -0.05) is 29.8 Å². The molecule has 7 nitrogen and oxygen atoms in total. The molecule has 0 radical (unpaired) electrons. The fourth-order valence-electron chi connectivity index (χ4n) is 2.84. The average Bonchev–Trinajstić information content (AvgIpc) is 3.02. The van der Waals surface area contributed by atoms with Gasteiger partial charge >= 0.3 is 0 Å². The molecule has 3 rings (SSSR count). The molecule has 2 aromatic carbocycles. The maximum absolute atomic E-state index is 12.8. The summed E-state index contributed by atoms with van der Waals surface area (Å²) in [6.07, 6.45) is 0. The molecule has 0 saturated heterocycles. The maximum Gasteiger partial charge on any atom is 0.270 e. The molecule has 0 saturated carbocycles. The van der Waals surface area contributed by atoms with Crippen LogP contribution in [-0.2, 0) is 11.3 Å². The molecule has 0 fully saturated rings. The van der Waals surface area contributed by atoms with Gasteiger partial charge in [0.25, 0.3) is 11.8 Å². The van der Waals surface area contributed by atoms with Crippen LogP contribution in [0.2, 0.25) is 5.02 Å². The van der Waals surface area contributed by atoms with Crippen LogP contribution in [0.3, 0.4) is 0 Å². The number of amides is 2. The summed E-state index contributed by atoms with van der Waals surface area (Å²) < 4.78 is 1.54. The van der Waals surface area contributed by atoms with Gasteiger partial charge < -0.3 is 0 Å². The normalized spacial score (nSPS) is 10.4. The Hall–Kier alpha value is -3.45. The summed E-state index contributed by atoms with van der Waals surface area (Å²) in [5.74, 6) is -1.35. The molecule has 0 aliphatic heterocycles. The minimum absolute atomic E-state index is 0.0364. The van der Waals surface area contributed by atoms with Gasteiger partial charge in [0.05, 0.1) is 11.3 Å². The Morgan fingerprint density at radius 1 is 0.966 bits per heavy atom. The fraction of sp³-hybridized carbons (Fsp3) is 0.143. The van der Waals surface area contributed by atoms with Gasteiger partial charge in [-0.3, -0.25) is 29.9 Å². The second-order valence-corrected chi connectivity index (χ2v) is 6.91. The molecule has 0 spiro atoms. The number of carbonyl (C=O) groups excluding carboxylic acids is 3. The third-order valence-corrected chi connectivity index (χ3v) is 4.49. The zero-order valence-corrected chi connectivity index (χ0v) is 16.7. The van der Waals surface area contributed by atoms with E-state index in [1.807, 2.05) is 19.9 Å². The Balaban J connectivity index is 1.69. The third-order valence-electron chi connectivity index (χ3n) is 4.23. The van der Waals surface area contributed by atoms with E-state index < -0.39 is 11.8 Å². The number of benzene rings is 2. The molecule has 2 N–H and O–H groups in total. The van der Waals surface area contributed by atoms with Gasteiger partial charge in [0.2, 0.25) is 0 Å². The monoisotopic (exact) mass is 410 g/mol. The van der Waals surface area contributed by atoms with Crippen molar-refractivity contribution in [2.75, 3.05) is 0 Å². The molecule has 3 aromatic rings. The summed E-state index contributed by atoms with van der Waals surface area (Å²) in [7, 11) is 0. The average molecular weight is 411 g/mol. The Labute approximate surface area is 172 Å². The van der Waals surface area contributed by atoms with Crippen molar-refractivity contribution < 1.29 is 14.4 Å². The number of carbonyl (C=O) groups is 3. The molecule has 148 valence electrons. The number of rotatable bonds is 5. The number of aromatic nitrogens is 2. The highest BCUT2D eigenvalue weighted by molar-refractivity contribution is 6.30. The Morgan fingerprint density at radius 2 is 1.62 bits per heavy atom. The molecule has 29 heavy (non-hydrogen) atoms. The highest BCUT2D eigenvalue weighted by atomic mass is 35.5. The molecule has 1 aromatic heterocycles. The summed E-state index contributed by atoms with van der Waals surface area (Å²) in [5, 5.41) is 4.71. The van der Waals surface area contributed by atoms with E-state index in [0.717, 1.165) is 11.4 Å². The molecule has 0 unspecified atom stereocenters. The zero-order valence-electron chi connectivity index (χ0n) is 15.9. The van der Waals surface area contributed by atoms with Crippen molar-refractivity contribution in [1.29, 1.82) is 0 Å². The van der Waals surface area contributed by atoms with E-state index in [2.05, 4.69) is 16.0 Å². The first-order chi connectivity index (χ1) is 13.8. The Kier molecular flexibility index (Phi) is 6.09. The first-order valence-corrected chi connectivity index (χ1v) is 9.22. The van der Waals surface area contributed by atoms with Crippen molar-refractivity contribution >= 4 is 29.2 Å². The van der Waals surface area contributed by atoms with E-state index in [1.165, 1.54) is 10.7 Å². The van der Waals surface area contributed by atoms with Crippen LogP contribution in [0.5, 0.6) is 0 Å². The fourth-order valence-corrected chi connectivity index (χ4v) is 2.97. The number of halogens is 1. The van der Waals surface area contributed by atoms with E-state index >= 15 is 0 Å². The van der Waals surface area contributed by atoms with Crippen LogP contribution in [0.15, 0.2) is 54.6 Å². The lowest BCUT2D eigenvalue weighted by atomic mass is 9.98. The second kappa shape index (κ2) is 8.70. The third kappa shape index (κ3) is 4.89. The van der Waals surface area contributed by atoms with E-state index in [1.54, 1.807) is 42.5 Å². The molecular formula is C21H19ClN4O3. The number of hydrazine groups is 1. The predicted octanol–water partition coefficient (Wildman–Crippen LogP) is 2.85. The zero-order chi connectivity index (χ0) is 21.0. The van der Waals surface area contributed by atoms with Gasteiger partial charge in [-0.05, 0) is 50.2 Å². The number of hydrogen-bond acceptors (Lipinski definition) is 4. The quantitative estimate of drug-likeness (QED) is 0.499. The van der Waals surface area contributed by atoms with Gasteiger partial charge in [0.15, 0.2) is 5.78 Å². The second-order valence-electron chi connectivity index (χ2n) is 6.47. The molecule has 0 atom stereocenters. The lowest BCUT2D eigenvalue weighted by Gasteiger charge is -2.11. The number of aryl methyl sites for hydroxylation is 2. The van der Waals surface area contributed by atoms with E-state index in [4.69, 9.17) is 11.6 Å². The summed E-state index contributed by atoms with van der Waals surface area (Å²) >= 11 is 5.86. The predicted molar refractivity (Wildman–Crippen MR) is 109 cm³/mol. The van der Waals surface area contributed by atoms with Gasteiger partial charge in [-0.15, -0.1) is 0 Å². The van der Waals surface area contributed by atoms with Crippen molar-refractivity contribution in [3.8, 4) is 0 Å². The van der Waals surface area contributed by atoms with Gasteiger partial charge in [0, 0.05) is 21.8 Å². The van der Waals surface area contributed by atoms with Crippen LogP contribution in [0.25, 0.3) is 0 Å². The van der Waals surface area contributed by atoms with Gasteiger partial charge in [-0.2, -0.15) is 5.10 Å².